The van der Waals surface area contributed by atoms with E-state index >= 15 is 0 Å². The van der Waals surface area contributed by atoms with Crippen LogP contribution in [0.4, 0.5) is 0 Å². The first kappa shape index (κ1) is 19.1. The summed E-state index contributed by atoms with van der Waals surface area (Å²) in [5.74, 6) is 1.68. The Balaban J connectivity index is 1.82. The largest absolute Gasteiger partial charge is 0.396 e. The minimum Gasteiger partial charge on any atom is -0.396 e. The third-order valence-corrected chi connectivity index (χ3v) is 5.86. The number of nitrogens with two attached hydrogens (primary N) is 1. The fraction of sp³-hybridized carbons (Fsp3) is 0.524. The van der Waals surface area contributed by atoms with Gasteiger partial charge in [-0.2, -0.15) is 0 Å². The second kappa shape index (κ2) is 7.66. The maximum absolute atomic E-state index is 9.40. The molecule has 28 heavy (non-hydrogen) atoms. The van der Waals surface area contributed by atoms with Crippen molar-refractivity contribution in [3.05, 3.63) is 35.5 Å². The quantitative estimate of drug-likeness (QED) is 0.704. The van der Waals surface area contributed by atoms with Crippen molar-refractivity contribution in [1.82, 2.24) is 19.6 Å². The van der Waals surface area contributed by atoms with Crippen LogP contribution in [0.1, 0.15) is 48.6 Å². The lowest BCUT2D eigenvalue weighted by atomic mass is 10.0. The number of imidazole rings is 1. The van der Waals surface area contributed by atoms with Gasteiger partial charge in [-0.05, 0) is 70.9 Å². The summed E-state index contributed by atoms with van der Waals surface area (Å²) in [5.41, 5.74) is 11.4. The first-order chi connectivity index (χ1) is 13.5. The maximum Gasteiger partial charge on any atom is 0.141 e. The number of benzene rings is 1. The topological polar surface area (TPSA) is 93.3 Å². The zero-order valence-corrected chi connectivity index (χ0v) is 16.9. The van der Waals surface area contributed by atoms with Gasteiger partial charge in [0.1, 0.15) is 11.6 Å². The predicted octanol–water partition coefficient (Wildman–Crippen LogP) is 2.96. The molecule has 3 N–H and O–H groups in total. The van der Waals surface area contributed by atoms with Gasteiger partial charge in [0.15, 0.2) is 0 Å². The van der Waals surface area contributed by atoms with Crippen molar-refractivity contribution in [1.29, 1.82) is 0 Å². The van der Waals surface area contributed by atoms with Crippen molar-refractivity contribution in [2.45, 2.75) is 45.2 Å². The van der Waals surface area contributed by atoms with Gasteiger partial charge in [0.2, 0.25) is 0 Å². The van der Waals surface area contributed by atoms with Gasteiger partial charge in [-0.25, -0.2) is 4.98 Å². The summed E-state index contributed by atoms with van der Waals surface area (Å²) < 4.78 is 7.66. The molecule has 1 aromatic carbocycles. The molecule has 0 amide bonds. The number of aliphatic hydroxyl groups excluding tert-OH is 1. The molecule has 3 heterocycles. The molecule has 1 fully saturated rings. The van der Waals surface area contributed by atoms with Gasteiger partial charge >= 0.3 is 0 Å². The molecule has 0 saturated carbocycles. The molecule has 0 spiro atoms. The van der Waals surface area contributed by atoms with E-state index in [2.05, 4.69) is 39.9 Å². The van der Waals surface area contributed by atoms with Gasteiger partial charge in [-0.15, -0.1) is 0 Å². The van der Waals surface area contributed by atoms with E-state index in [-0.39, 0.29) is 12.6 Å². The molecule has 0 unspecified atom stereocenters. The SMILES string of the molecule is Cc1noc(C)c1-c1ccc2c(c1)nc([C@@H](N)CCO)n2C1CCN(C)CC1. The molecule has 1 atom stereocenters. The fourth-order valence-electron chi connectivity index (χ4n) is 4.33. The summed E-state index contributed by atoms with van der Waals surface area (Å²) in [4.78, 5) is 7.28. The van der Waals surface area contributed by atoms with Crippen molar-refractivity contribution in [3.63, 3.8) is 0 Å². The van der Waals surface area contributed by atoms with Crippen LogP contribution in [0.2, 0.25) is 0 Å². The number of aliphatic hydroxyl groups is 1. The number of nitrogens with zero attached hydrogens (tertiary/aromatic N) is 4. The van der Waals surface area contributed by atoms with Gasteiger partial charge in [-0.1, -0.05) is 11.2 Å². The number of aryl methyl sites for hydroxylation is 2. The molecule has 3 aromatic rings. The number of hydrogen-bond acceptors (Lipinski definition) is 6. The highest BCUT2D eigenvalue weighted by Crippen LogP contribution is 2.34. The molecule has 150 valence electrons. The average molecular weight is 383 g/mol. The summed E-state index contributed by atoms with van der Waals surface area (Å²) >= 11 is 0. The van der Waals surface area contributed by atoms with E-state index in [1.54, 1.807) is 0 Å². The maximum atomic E-state index is 9.40. The number of rotatable bonds is 5. The molecule has 2 aromatic heterocycles. The van der Waals surface area contributed by atoms with E-state index in [0.717, 1.165) is 65.4 Å². The normalized spacial score (nSPS) is 17.5. The molecule has 0 aliphatic carbocycles. The zero-order chi connectivity index (χ0) is 19.8. The Morgan fingerprint density at radius 1 is 1.29 bits per heavy atom. The molecule has 1 aliphatic heterocycles. The average Bonchev–Trinajstić information content (AvgIpc) is 3.22. The summed E-state index contributed by atoms with van der Waals surface area (Å²) in [6.07, 6.45) is 2.66. The van der Waals surface area contributed by atoms with E-state index in [9.17, 15) is 5.11 Å². The Morgan fingerprint density at radius 2 is 2.04 bits per heavy atom. The van der Waals surface area contributed by atoms with Crippen LogP contribution in [0, 0.1) is 13.8 Å². The highest BCUT2D eigenvalue weighted by atomic mass is 16.5. The molecule has 7 nitrogen and oxygen atoms in total. The summed E-state index contributed by atoms with van der Waals surface area (Å²) in [6.45, 7) is 6.07. The van der Waals surface area contributed by atoms with E-state index in [1.807, 2.05) is 13.8 Å². The molecule has 0 bridgehead atoms. The van der Waals surface area contributed by atoms with Crippen LogP contribution in [-0.2, 0) is 0 Å². The van der Waals surface area contributed by atoms with Crippen LogP contribution in [0.5, 0.6) is 0 Å². The van der Waals surface area contributed by atoms with Crippen LogP contribution in [0.15, 0.2) is 22.7 Å². The van der Waals surface area contributed by atoms with Gasteiger partial charge in [0.05, 0.1) is 22.8 Å². The van der Waals surface area contributed by atoms with Gasteiger partial charge in [-0.3, -0.25) is 0 Å². The second-order valence-corrected chi connectivity index (χ2v) is 7.90. The van der Waals surface area contributed by atoms with E-state index in [0.29, 0.717) is 12.5 Å². The lowest BCUT2D eigenvalue weighted by molar-refractivity contribution is 0.218. The van der Waals surface area contributed by atoms with E-state index in [4.69, 9.17) is 15.2 Å². The van der Waals surface area contributed by atoms with Crippen molar-refractivity contribution in [2.75, 3.05) is 26.7 Å². The number of likely N-dealkylation sites (tertiary alicyclic amines) is 1. The first-order valence-electron chi connectivity index (χ1n) is 9.99. The number of piperidine rings is 1. The van der Waals surface area contributed by atoms with Crippen LogP contribution < -0.4 is 5.73 Å². The zero-order valence-electron chi connectivity index (χ0n) is 16.9. The van der Waals surface area contributed by atoms with Crippen molar-refractivity contribution in [3.8, 4) is 11.1 Å². The van der Waals surface area contributed by atoms with Gasteiger partial charge < -0.3 is 24.8 Å². The van der Waals surface area contributed by atoms with Crippen LogP contribution in [-0.4, -0.2) is 51.5 Å². The molecule has 0 radical (unpaired) electrons. The highest BCUT2D eigenvalue weighted by molar-refractivity contribution is 5.83. The Morgan fingerprint density at radius 3 is 2.68 bits per heavy atom. The fourth-order valence-corrected chi connectivity index (χ4v) is 4.33. The van der Waals surface area contributed by atoms with Gasteiger partial charge in [0.25, 0.3) is 0 Å². The van der Waals surface area contributed by atoms with Crippen LogP contribution in [0.3, 0.4) is 0 Å². The molecular formula is C21H29N5O2. The second-order valence-electron chi connectivity index (χ2n) is 7.90. The third-order valence-electron chi connectivity index (χ3n) is 5.86. The Kier molecular flexibility index (Phi) is 5.23. The lowest BCUT2D eigenvalue weighted by Crippen LogP contribution is -2.32. The Hall–Kier alpha value is -2.22. The lowest BCUT2D eigenvalue weighted by Gasteiger charge is -2.31. The minimum atomic E-state index is -0.278. The summed E-state index contributed by atoms with van der Waals surface area (Å²) in [7, 11) is 2.16. The van der Waals surface area contributed by atoms with E-state index < -0.39 is 0 Å². The number of fused-ring (bicyclic) bond motifs is 1. The van der Waals surface area contributed by atoms with Crippen LogP contribution in [0.25, 0.3) is 22.2 Å². The smallest absolute Gasteiger partial charge is 0.141 e. The predicted molar refractivity (Wildman–Crippen MR) is 109 cm³/mol. The molecule has 1 aliphatic rings. The summed E-state index contributed by atoms with van der Waals surface area (Å²) in [6, 6.07) is 6.45. The standard InChI is InChI=1S/C21H29N5O2/c1-13-20(14(2)28-24-13)15-4-5-19-18(12-15)23-21(17(22)8-11-27)26(19)16-6-9-25(3)10-7-16/h4-5,12,16-17,27H,6-11,22H2,1-3H3/t17-/m0/s1. The molecule has 1 saturated heterocycles. The Labute approximate surface area is 165 Å². The summed E-state index contributed by atoms with van der Waals surface area (Å²) in [5, 5.41) is 13.5. The highest BCUT2D eigenvalue weighted by Gasteiger charge is 2.26. The van der Waals surface area contributed by atoms with E-state index in [1.165, 1.54) is 0 Å². The molecule has 4 rings (SSSR count). The number of hydrogen-bond donors (Lipinski definition) is 2. The van der Waals surface area contributed by atoms with Gasteiger partial charge in [0, 0.05) is 18.2 Å². The van der Waals surface area contributed by atoms with Crippen molar-refractivity contribution < 1.29 is 9.63 Å². The Bertz CT molecular complexity index is 949. The molecule has 7 heteroatoms. The number of aromatic nitrogens is 3. The van der Waals surface area contributed by atoms with Crippen molar-refractivity contribution in [2.24, 2.45) is 5.73 Å². The third kappa shape index (κ3) is 3.34. The minimum absolute atomic E-state index is 0.0576. The monoisotopic (exact) mass is 383 g/mol. The molecular weight excluding hydrogens is 354 g/mol. The van der Waals surface area contributed by atoms with Crippen LogP contribution >= 0.6 is 0 Å². The van der Waals surface area contributed by atoms with Crippen molar-refractivity contribution >= 4 is 11.0 Å². The first-order valence-corrected chi connectivity index (χ1v) is 9.99.